The number of aromatic nitrogens is 1. The van der Waals surface area contributed by atoms with Crippen molar-refractivity contribution >= 4 is 10.9 Å². The molecule has 92 valence electrons. The molecule has 2 aliphatic rings. The topological polar surface area (TPSA) is 40.6 Å². The molecule has 2 bridgehead atoms. The van der Waals surface area contributed by atoms with E-state index in [4.69, 9.17) is 14.2 Å². The van der Waals surface area contributed by atoms with Gasteiger partial charge in [-0.3, -0.25) is 0 Å². The zero-order chi connectivity index (χ0) is 12.1. The highest BCUT2D eigenvalue weighted by Crippen LogP contribution is 2.41. The first-order valence-electron chi connectivity index (χ1n) is 6.10. The summed E-state index contributed by atoms with van der Waals surface area (Å²) in [5.74, 6) is 1.53. The van der Waals surface area contributed by atoms with Crippen LogP contribution in [0.4, 0.5) is 0 Å². The molecule has 4 rings (SSSR count). The van der Waals surface area contributed by atoms with Gasteiger partial charge in [0.05, 0.1) is 25.3 Å². The van der Waals surface area contributed by atoms with Gasteiger partial charge < -0.3 is 14.2 Å². The van der Waals surface area contributed by atoms with Crippen LogP contribution in [0.15, 0.2) is 24.3 Å². The van der Waals surface area contributed by atoms with E-state index in [9.17, 15) is 0 Å². The van der Waals surface area contributed by atoms with E-state index in [1.165, 1.54) is 0 Å². The zero-order valence-electron chi connectivity index (χ0n) is 10.1. The number of hydrogen-bond donors (Lipinski definition) is 0. The van der Waals surface area contributed by atoms with Gasteiger partial charge >= 0.3 is 0 Å². The maximum absolute atomic E-state index is 5.83. The fourth-order valence-corrected chi connectivity index (χ4v) is 2.65. The van der Waals surface area contributed by atoms with Crippen LogP contribution >= 0.6 is 0 Å². The molecule has 4 nitrogen and oxygen atoms in total. The van der Waals surface area contributed by atoms with Crippen LogP contribution in [0.5, 0.6) is 11.6 Å². The summed E-state index contributed by atoms with van der Waals surface area (Å²) >= 11 is 0. The molecule has 2 aromatic rings. The molecule has 18 heavy (non-hydrogen) atoms. The zero-order valence-corrected chi connectivity index (χ0v) is 10.1. The Morgan fingerprint density at radius 1 is 1.33 bits per heavy atom. The van der Waals surface area contributed by atoms with Crippen LogP contribution < -0.4 is 9.47 Å². The van der Waals surface area contributed by atoms with Crippen molar-refractivity contribution in [3.05, 3.63) is 29.8 Å². The van der Waals surface area contributed by atoms with Crippen LogP contribution in [0, 0.1) is 0 Å². The van der Waals surface area contributed by atoms with Gasteiger partial charge in [-0.25, -0.2) is 4.98 Å². The third-order valence-electron chi connectivity index (χ3n) is 3.60. The van der Waals surface area contributed by atoms with Crippen molar-refractivity contribution in [2.24, 2.45) is 0 Å². The Morgan fingerprint density at radius 3 is 3.17 bits per heavy atom. The van der Waals surface area contributed by atoms with Gasteiger partial charge in [-0.05, 0) is 18.2 Å². The summed E-state index contributed by atoms with van der Waals surface area (Å²) in [6, 6.07) is 8.00. The highest BCUT2D eigenvalue weighted by molar-refractivity contribution is 5.81. The Labute approximate surface area is 104 Å². The first-order valence-corrected chi connectivity index (χ1v) is 6.10. The predicted octanol–water partition coefficient (Wildman–Crippen LogP) is 2.47. The van der Waals surface area contributed by atoms with Crippen LogP contribution in [0.1, 0.15) is 18.1 Å². The van der Waals surface area contributed by atoms with Crippen molar-refractivity contribution in [1.29, 1.82) is 0 Å². The second-order valence-corrected chi connectivity index (χ2v) is 4.74. The quantitative estimate of drug-likeness (QED) is 0.771. The lowest BCUT2D eigenvalue weighted by Crippen LogP contribution is -2.20. The number of nitrogens with zero attached hydrogens (tertiary/aromatic N) is 1. The minimum Gasteiger partial charge on any atom is -0.497 e. The normalized spacial score (nSPS) is 24.7. The molecule has 4 heteroatoms. The van der Waals surface area contributed by atoms with Gasteiger partial charge in [-0.2, -0.15) is 0 Å². The molecule has 2 atom stereocenters. The van der Waals surface area contributed by atoms with Crippen molar-refractivity contribution in [2.45, 2.75) is 18.6 Å². The number of benzene rings is 1. The van der Waals surface area contributed by atoms with E-state index in [1.54, 1.807) is 7.11 Å². The number of ether oxygens (including phenoxy) is 3. The maximum atomic E-state index is 5.83. The summed E-state index contributed by atoms with van der Waals surface area (Å²) in [5.41, 5.74) is 1.97. The fourth-order valence-electron chi connectivity index (χ4n) is 2.65. The molecule has 1 aromatic heterocycles. The number of pyridine rings is 1. The molecule has 1 saturated heterocycles. The molecule has 3 heterocycles. The molecular formula is C14H13NO3. The molecule has 2 unspecified atom stereocenters. The van der Waals surface area contributed by atoms with E-state index in [1.807, 2.05) is 18.2 Å². The highest BCUT2D eigenvalue weighted by Gasteiger charge is 2.36. The molecule has 0 saturated carbocycles. The van der Waals surface area contributed by atoms with Crippen molar-refractivity contribution in [2.75, 3.05) is 13.7 Å². The van der Waals surface area contributed by atoms with Crippen molar-refractivity contribution in [3.8, 4) is 11.6 Å². The Morgan fingerprint density at radius 2 is 2.28 bits per heavy atom. The lowest BCUT2D eigenvalue weighted by molar-refractivity contribution is 0.109. The molecule has 0 amide bonds. The van der Waals surface area contributed by atoms with Gasteiger partial charge in [0.1, 0.15) is 11.9 Å². The van der Waals surface area contributed by atoms with Gasteiger partial charge in [0.25, 0.3) is 0 Å². The van der Waals surface area contributed by atoms with E-state index >= 15 is 0 Å². The summed E-state index contributed by atoms with van der Waals surface area (Å²) in [4.78, 5) is 4.58. The summed E-state index contributed by atoms with van der Waals surface area (Å²) in [6.45, 7) is 0.667. The van der Waals surface area contributed by atoms with Crippen LogP contribution in [-0.4, -0.2) is 24.8 Å². The lowest BCUT2D eigenvalue weighted by Gasteiger charge is -2.21. The fraction of sp³-hybridized carbons (Fsp3) is 0.357. The SMILES string of the molecule is COc1ccc2cc3c(nc2c1)OC1COC3C1. The number of methoxy groups -OCH3 is 1. The minimum absolute atomic E-state index is 0.151. The van der Waals surface area contributed by atoms with E-state index in [0.717, 1.165) is 34.5 Å². The van der Waals surface area contributed by atoms with Crippen LogP contribution in [-0.2, 0) is 4.74 Å². The first-order chi connectivity index (χ1) is 8.83. The minimum atomic E-state index is 0.151. The molecule has 0 spiro atoms. The first kappa shape index (κ1) is 10.1. The Kier molecular flexibility index (Phi) is 2.02. The largest absolute Gasteiger partial charge is 0.497 e. The third kappa shape index (κ3) is 1.39. The molecular weight excluding hydrogens is 230 g/mol. The van der Waals surface area contributed by atoms with Gasteiger partial charge in [-0.15, -0.1) is 0 Å². The Bertz CT molecular complexity index is 626. The number of hydrogen-bond acceptors (Lipinski definition) is 4. The average Bonchev–Trinajstić information content (AvgIpc) is 2.79. The summed E-state index contributed by atoms with van der Waals surface area (Å²) in [5, 5.41) is 1.09. The second-order valence-electron chi connectivity index (χ2n) is 4.74. The standard InChI is InChI=1S/C14H13NO3/c1-16-9-3-2-8-4-11-13-6-10(7-17-13)18-14(11)15-12(8)5-9/h2-5,10,13H,6-7H2,1H3. The van der Waals surface area contributed by atoms with Crippen molar-refractivity contribution < 1.29 is 14.2 Å². The van der Waals surface area contributed by atoms with Crippen molar-refractivity contribution in [1.82, 2.24) is 4.98 Å². The van der Waals surface area contributed by atoms with E-state index in [2.05, 4.69) is 11.1 Å². The van der Waals surface area contributed by atoms with Crippen LogP contribution in [0.3, 0.4) is 0 Å². The average molecular weight is 243 g/mol. The second kappa shape index (κ2) is 3.59. The molecule has 0 aliphatic carbocycles. The van der Waals surface area contributed by atoms with E-state index < -0.39 is 0 Å². The van der Waals surface area contributed by atoms with Crippen LogP contribution in [0.2, 0.25) is 0 Å². The number of fused-ring (bicyclic) bond motifs is 5. The summed E-state index contributed by atoms with van der Waals surface area (Å²) in [7, 11) is 1.66. The smallest absolute Gasteiger partial charge is 0.220 e. The third-order valence-corrected chi connectivity index (χ3v) is 3.60. The van der Waals surface area contributed by atoms with Crippen LogP contribution in [0.25, 0.3) is 10.9 Å². The molecule has 2 aliphatic heterocycles. The molecule has 1 aromatic carbocycles. The molecule has 1 fully saturated rings. The Balaban J connectivity index is 1.91. The van der Waals surface area contributed by atoms with E-state index in [0.29, 0.717) is 6.61 Å². The molecule has 0 radical (unpaired) electrons. The highest BCUT2D eigenvalue weighted by atomic mass is 16.6. The lowest BCUT2D eigenvalue weighted by atomic mass is 10.0. The van der Waals surface area contributed by atoms with Crippen molar-refractivity contribution in [3.63, 3.8) is 0 Å². The monoisotopic (exact) mass is 243 g/mol. The Hall–Kier alpha value is -1.81. The number of rotatable bonds is 1. The predicted molar refractivity (Wildman–Crippen MR) is 66.0 cm³/mol. The van der Waals surface area contributed by atoms with E-state index in [-0.39, 0.29) is 12.2 Å². The molecule has 0 N–H and O–H groups in total. The van der Waals surface area contributed by atoms with Gasteiger partial charge in [-0.1, -0.05) is 0 Å². The maximum Gasteiger partial charge on any atom is 0.220 e. The van der Waals surface area contributed by atoms with Gasteiger partial charge in [0.2, 0.25) is 5.88 Å². The van der Waals surface area contributed by atoms with Gasteiger partial charge in [0.15, 0.2) is 0 Å². The van der Waals surface area contributed by atoms with Gasteiger partial charge in [0, 0.05) is 23.4 Å². The summed E-state index contributed by atoms with van der Waals surface area (Å²) < 4.78 is 16.8. The summed E-state index contributed by atoms with van der Waals surface area (Å²) in [6.07, 6.45) is 1.26.